The number of aliphatic hydroxyl groups is 1. The second kappa shape index (κ2) is 18.9. The van der Waals surface area contributed by atoms with Crippen LogP contribution in [0.2, 0.25) is 0 Å². The standard InChI is InChI=1S/C38H44F3N9O7/c1-21(51)17-44-35-47-31-32(33(49-35)42-19-23-7-13-27(53-3)29(15-23)55-5)48-36(50-34(31)43-20-24-8-14-28(54-4)30(16-24)56-6)45-18-22(2)57-37(52)46-26-11-9-25(10-12-26)38(39,40)41/h7-16,21-22,51H,17-20H2,1-6H3,(H,46,52)(H2,42,44,47,49)(H2,43,45,48,50). The Labute approximate surface area is 326 Å². The van der Waals surface area contributed by atoms with Crippen molar-refractivity contribution in [1.82, 2.24) is 19.9 Å². The van der Waals surface area contributed by atoms with Gasteiger partial charge in [-0.3, -0.25) is 5.32 Å². The summed E-state index contributed by atoms with van der Waals surface area (Å²) < 4.78 is 66.0. The minimum Gasteiger partial charge on any atom is -0.493 e. The molecular weight excluding hydrogens is 751 g/mol. The lowest BCUT2D eigenvalue weighted by atomic mass is 10.2. The highest BCUT2D eigenvalue weighted by atomic mass is 19.4. The minimum absolute atomic E-state index is 0.0460. The van der Waals surface area contributed by atoms with Gasteiger partial charge in [0.05, 0.1) is 46.7 Å². The van der Waals surface area contributed by atoms with Crippen molar-refractivity contribution >= 4 is 46.3 Å². The average molecular weight is 796 g/mol. The fourth-order valence-electron chi connectivity index (χ4n) is 5.36. The molecule has 5 aromatic rings. The van der Waals surface area contributed by atoms with Crippen molar-refractivity contribution in [3.63, 3.8) is 0 Å². The van der Waals surface area contributed by atoms with Crippen molar-refractivity contribution in [1.29, 1.82) is 0 Å². The smallest absolute Gasteiger partial charge is 0.416 e. The van der Waals surface area contributed by atoms with E-state index >= 15 is 0 Å². The number of aliphatic hydroxyl groups excluding tert-OH is 1. The Balaban J connectivity index is 1.44. The van der Waals surface area contributed by atoms with E-state index in [1.165, 1.54) is 0 Å². The molecule has 0 saturated carbocycles. The molecule has 6 N–H and O–H groups in total. The van der Waals surface area contributed by atoms with Crippen molar-refractivity contribution in [2.75, 3.05) is 68.1 Å². The van der Waals surface area contributed by atoms with E-state index in [2.05, 4.69) is 31.6 Å². The summed E-state index contributed by atoms with van der Waals surface area (Å²) in [6.07, 6.45) is -6.81. The van der Waals surface area contributed by atoms with Crippen LogP contribution in [0.15, 0.2) is 60.7 Å². The molecule has 2 unspecified atom stereocenters. The SMILES string of the molecule is COc1ccc(CNc2nc(NCC(C)OC(=O)Nc3ccc(C(F)(F)F)cc3)nc3c(NCc4ccc(OC)c(OC)c4)nc(NCC(C)O)nc23)cc1OC. The summed E-state index contributed by atoms with van der Waals surface area (Å²) in [6, 6.07) is 15.0. The molecule has 304 valence electrons. The topological polar surface area (TPSA) is 195 Å². The molecule has 2 heterocycles. The van der Waals surface area contributed by atoms with Gasteiger partial charge in [0, 0.05) is 25.3 Å². The lowest BCUT2D eigenvalue weighted by Crippen LogP contribution is -2.26. The van der Waals surface area contributed by atoms with Crippen LogP contribution in [0.25, 0.3) is 11.0 Å². The summed E-state index contributed by atoms with van der Waals surface area (Å²) in [7, 11) is 6.20. The third kappa shape index (κ3) is 11.3. The van der Waals surface area contributed by atoms with E-state index in [1.807, 2.05) is 24.3 Å². The van der Waals surface area contributed by atoms with Crippen LogP contribution in [-0.4, -0.2) is 84.9 Å². The Morgan fingerprint density at radius 2 is 1.14 bits per heavy atom. The number of anilines is 5. The van der Waals surface area contributed by atoms with Gasteiger partial charge in [0.15, 0.2) is 34.6 Å². The molecule has 16 nitrogen and oxygen atoms in total. The minimum atomic E-state index is -4.51. The van der Waals surface area contributed by atoms with Crippen LogP contribution < -0.4 is 45.5 Å². The maximum atomic E-state index is 12.9. The quantitative estimate of drug-likeness (QED) is 0.0559. The van der Waals surface area contributed by atoms with E-state index in [1.54, 1.807) is 54.4 Å². The molecule has 0 aliphatic rings. The van der Waals surface area contributed by atoms with Crippen LogP contribution in [-0.2, 0) is 24.0 Å². The van der Waals surface area contributed by atoms with Crippen molar-refractivity contribution in [3.05, 3.63) is 77.4 Å². The number of halogens is 3. The highest BCUT2D eigenvalue weighted by molar-refractivity contribution is 5.94. The maximum absolute atomic E-state index is 12.9. The molecule has 0 saturated heterocycles. The number of benzene rings is 3. The van der Waals surface area contributed by atoms with Crippen LogP contribution in [0, 0.1) is 0 Å². The molecule has 0 fully saturated rings. The maximum Gasteiger partial charge on any atom is 0.416 e. The number of aromatic nitrogens is 4. The first-order valence-electron chi connectivity index (χ1n) is 17.6. The molecule has 19 heteroatoms. The van der Waals surface area contributed by atoms with E-state index in [4.69, 9.17) is 38.6 Å². The van der Waals surface area contributed by atoms with Gasteiger partial charge in [0.1, 0.15) is 17.1 Å². The van der Waals surface area contributed by atoms with E-state index in [-0.39, 0.29) is 37.2 Å². The summed E-state index contributed by atoms with van der Waals surface area (Å²) in [5, 5.41) is 25.2. The van der Waals surface area contributed by atoms with Gasteiger partial charge >= 0.3 is 12.3 Å². The third-order valence-corrected chi connectivity index (χ3v) is 8.23. The lowest BCUT2D eigenvalue weighted by molar-refractivity contribution is -0.137. The number of rotatable bonds is 18. The van der Waals surface area contributed by atoms with Crippen LogP contribution >= 0.6 is 0 Å². The number of amides is 1. The Kier molecular flexibility index (Phi) is 13.8. The van der Waals surface area contributed by atoms with Gasteiger partial charge in [-0.2, -0.15) is 23.1 Å². The molecule has 57 heavy (non-hydrogen) atoms. The molecule has 0 bridgehead atoms. The molecule has 0 aliphatic heterocycles. The number of fused-ring (bicyclic) bond motifs is 1. The normalized spacial score (nSPS) is 12.2. The van der Waals surface area contributed by atoms with Crippen LogP contribution in [0.5, 0.6) is 23.0 Å². The number of ether oxygens (including phenoxy) is 5. The molecule has 0 aliphatic carbocycles. The van der Waals surface area contributed by atoms with Crippen LogP contribution in [0.3, 0.4) is 0 Å². The number of methoxy groups -OCH3 is 4. The Morgan fingerprint density at radius 1 is 0.667 bits per heavy atom. The van der Waals surface area contributed by atoms with Gasteiger partial charge in [-0.1, -0.05) is 12.1 Å². The summed E-state index contributed by atoms with van der Waals surface area (Å²) in [5.41, 5.74) is 1.65. The highest BCUT2D eigenvalue weighted by Gasteiger charge is 2.30. The predicted molar refractivity (Wildman–Crippen MR) is 209 cm³/mol. The number of carbonyl (C=O) groups excluding carboxylic acids is 1. The van der Waals surface area contributed by atoms with Crippen molar-refractivity contribution in [3.8, 4) is 23.0 Å². The first-order valence-corrected chi connectivity index (χ1v) is 17.6. The zero-order valence-electron chi connectivity index (χ0n) is 32.1. The van der Waals surface area contributed by atoms with Crippen LogP contribution in [0.4, 0.5) is 47.2 Å². The summed E-state index contributed by atoms with van der Waals surface area (Å²) in [4.78, 5) is 31.4. The van der Waals surface area contributed by atoms with Gasteiger partial charge in [0.2, 0.25) is 11.9 Å². The average Bonchev–Trinajstić information content (AvgIpc) is 3.19. The summed E-state index contributed by atoms with van der Waals surface area (Å²) >= 11 is 0. The Hall–Kier alpha value is -6.50. The van der Waals surface area contributed by atoms with Gasteiger partial charge in [0.25, 0.3) is 0 Å². The largest absolute Gasteiger partial charge is 0.493 e. The molecule has 2 atom stereocenters. The van der Waals surface area contributed by atoms with Gasteiger partial charge in [-0.25, -0.2) is 14.8 Å². The second-order valence-corrected chi connectivity index (χ2v) is 12.6. The van der Waals surface area contributed by atoms with Gasteiger partial charge in [-0.15, -0.1) is 0 Å². The van der Waals surface area contributed by atoms with E-state index < -0.39 is 30.0 Å². The molecule has 2 aromatic heterocycles. The van der Waals surface area contributed by atoms with E-state index in [0.29, 0.717) is 52.2 Å². The third-order valence-electron chi connectivity index (χ3n) is 8.23. The van der Waals surface area contributed by atoms with Crippen molar-refractivity contribution in [2.45, 2.75) is 45.3 Å². The fourth-order valence-corrected chi connectivity index (χ4v) is 5.36. The first-order chi connectivity index (χ1) is 27.3. The second-order valence-electron chi connectivity index (χ2n) is 12.6. The lowest BCUT2D eigenvalue weighted by Gasteiger charge is -2.18. The first kappa shape index (κ1) is 41.7. The number of alkyl halides is 3. The van der Waals surface area contributed by atoms with Gasteiger partial charge < -0.3 is 50.1 Å². The fraction of sp³-hybridized carbons (Fsp3) is 0.342. The molecule has 0 spiro atoms. The highest BCUT2D eigenvalue weighted by Crippen LogP contribution is 2.32. The Bertz CT molecular complexity index is 2140. The van der Waals surface area contributed by atoms with Crippen LogP contribution in [0.1, 0.15) is 30.5 Å². The number of hydrogen-bond acceptors (Lipinski definition) is 15. The summed E-state index contributed by atoms with van der Waals surface area (Å²) in [6.45, 7) is 4.04. The van der Waals surface area contributed by atoms with Crippen molar-refractivity contribution in [2.24, 2.45) is 0 Å². The molecular formula is C38H44F3N9O7. The molecule has 3 aromatic carbocycles. The number of nitrogens with zero attached hydrogens (tertiary/aromatic N) is 4. The summed E-state index contributed by atoms with van der Waals surface area (Å²) in [5.74, 6) is 3.22. The van der Waals surface area contributed by atoms with E-state index in [9.17, 15) is 23.1 Å². The zero-order chi connectivity index (χ0) is 41.1. The van der Waals surface area contributed by atoms with Crippen molar-refractivity contribution < 1.29 is 46.8 Å². The molecule has 1 amide bonds. The number of hydrogen-bond donors (Lipinski definition) is 6. The monoisotopic (exact) mass is 795 g/mol. The zero-order valence-corrected chi connectivity index (χ0v) is 32.1. The predicted octanol–water partition coefficient (Wildman–Crippen LogP) is 6.54. The molecule has 0 radical (unpaired) electrons. The van der Waals surface area contributed by atoms with Gasteiger partial charge in [-0.05, 0) is 73.5 Å². The molecule has 5 rings (SSSR count). The Morgan fingerprint density at radius 3 is 1.58 bits per heavy atom. The number of carbonyl (C=O) groups is 1. The van der Waals surface area contributed by atoms with E-state index in [0.717, 1.165) is 35.4 Å². The number of nitrogens with one attached hydrogen (secondary N) is 5.